The Morgan fingerprint density at radius 1 is 1.50 bits per heavy atom. The summed E-state index contributed by atoms with van der Waals surface area (Å²) in [7, 11) is 0. The van der Waals surface area contributed by atoms with Crippen LogP contribution in [0.5, 0.6) is 0 Å². The van der Waals surface area contributed by atoms with Crippen molar-refractivity contribution in [2.24, 2.45) is 5.92 Å². The molecule has 1 aliphatic rings. The lowest BCUT2D eigenvalue weighted by Crippen LogP contribution is -2.45. The Labute approximate surface area is 113 Å². The highest BCUT2D eigenvalue weighted by atomic mass is 35.5. The number of hydrogen-bond donors (Lipinski definition) is 1. The largest absolute Gasteiger partial charge is 0.339 e. The average molecular weight is 267 g/mol. The van der Waals surface area contributed by atoms with Crippen LogP contribution in [0.2, 0.25) is 5.02 Å². The summed E-state index contributed by atoms with van der Waals surface area (Å²) < 4.78 is 0. The monoisotopic (exact) mass is 266 g/mol. The van der Waals surface area contributed by atoms with Crippen molar-refractivity contribution in [2.45, 2.75) is 19.9 Å². The average Bonchev–Trinajstić information content (AvgIpc) is 2.30. The molecule has 1 fully saturated rings. The Morgan fingerprint density at radius 2 is 2.28 bits per heavy atom. The fourth-order valence-corrected chi connectivity index (χ4v) is 2.31. The van der Waals surface area contributed by atoms with E-state index in [9.17, 15) is 4.79 Å². The lowest BCUT2D eigenvalue weighted by Gasteiger charge is -2.29. The van der Waals surface area contributed by atoms with Crippen molar-refractivity contribution in [3.8, 4) is 0 Å². The molecule has 1 heterocycles. The van der Waals surface area contributed by atoms with Crippen molar-refractivity contribution in [1.29, 1.82) is 0 Å². The molecule has 0 saturated carbocycles. The lowest BCUT2D eigenvalue weighted by molar-refractivity contribution is -0.133. The number of hydrogen-bond acceptors (Lipinski definition) is 2. The van der Waals surface area contributed by atoms with Crippen LogP contribution in [-0.2, 0) is 11.3 Å². The number of amides is 1. The van der Waals surface area contributed by atoms with Crippen LogP contribution in [-0.4, -0.2) is 30.4 Å². The summed E-state index contributed by atoms with van der Waals surface area (Å²) in [6.07, 6.45) is 0.654. The molecule has 4 heteroatoms. The number of benzene rings is 1. The van der Waals surface area contributed by atoms with E-state index < -0.39 is 0 Å². The first-order valence-electron chi connectivity index (χ1n) is 6.42. The van der Waals surface area contributed by atoms with Gasteiger partial charge in [-0.25, -0.2) is 0 Å². The van der Waals surface area contributed by atoms with Crippen LogP contribution in [0.1, 0.15) is 18.9 Å². The number of nitrogens with zero attached hydrogens (tertiary/aromatic N) is 1. The van der Waals surface area contributed by atoms with Gasteiger partial charge in [-0.15, -0.1) is 0 Å². The Kier molecular flexibility index (Phi) is 4.61. The van der Waals surface area contributed by atoms with Crippen molar-refractivity contribution in [3.63, 3.8) is 0 Å². The summed E-state index contributed by atoms with van der Waals surface area (Å²) in [6, 6.07) is 7.70. The van der Waals surface area contributed by atoms with Gasteiger partial charge in [0.2, 0.25) is 5.91 Å². The van der Waals surface area contributed by atoms with Gasteiger partial charge in [-0.05, 0) is 43.6 Å². The van der Waals surface area contributed by atoms with E-state index >= 15 is 0 Å². The van der Waals surface area contributed by atoms with Crippen molar-refractivity contribution in [2.75, 3.05) is 19.6 Å². The van der Waals surface area contributed by atoms with E-state index in [4.69, 9.17) is 11.6 Å². The maximum atomic E-state index is 12.1. The topological polar surface area (TPSA) is 32.3 Å². The molecule has 0 unspecified atom stereocenters. The number of nitrogens with one attached hydrogen (secondary N) is 1. The molecule has 2 rings (SSSR count). The molecule has 18 heavy (non-hydrogen) atoms. The third-order valence-electron chi connectivity index (χ3n) is 3.33. The summed E-state index contributed by atoms with van der Waals surface area (Å²) in [5, 5.41) is 3.91. The van der Waals surface area contributed by atoms with Crippen LogP contribution in [0.25, 0.3) is 0 Å². The first kappa shape index (κ1) is 13.4. The Balaban J connectivity index is 1.93. The molecule has 0 radical (unpaired) electrons. The second kappa shape index (κ2) is 6.21. The highest BCUT2D eigenvalue weighted by Gasteiger charge is 2.22. The van der Waals surface area contributed by atoms with Crippen LogP contribution in [0.15, 0.2) is 24.3 Å². The highest BCUT2D eigenvalue weighted by molar-refractivity contribution is 6.30. The fourth-order valence-electron chi connectivity index (χ4n) is 2.10. The molecule has 1 amide bonds. The fraction of sp³-hybridized carbons (Fsp3) is 0.500. The minimum absolute atomic E-state index is 0.240. The third-order valence-corrected chi connectivity index (χ3v) is 3.56. The molecular weight excluding hydrogens is 248 g/mol. The molecule has 0 spiro atoms. The van der Waals surface area contributed by atoms with Crippen LogP contribution in [0.3, 0.4) is 0 Å². The number of carbonyl (C=O) groups excluding carboxylic acids is 1. The van der Waals surface area contributed by atoms with Crippen LogP contribution >= 0.6 is 11.6 Å². The maximum absolute atomic E-state index is 12.1. The summed E-state index contributed by atoms with van der Waals surface area (Å²) >= 11 is 5.96. The summed E-state index contributed by atoms with van der Waals surface area (Å²) in [5.41, 5.74) is 1.09. The summed E-state index contributed by atoms with van der Waals surface area (Å²) in [6.45, 7) is 5.35. The second-order valence-electron chi connectivity index (χ2n) is 4.77. The van der Waals surface area contributed by atoms with E-state index in [0.717, 1.165) is 30.2 Å². The van der Waals surface area contributed by atoms with E-state index in [1.807, 2.05) is 36.1 Å². The Bertz CT molecular complexity index is 418. The molecule has 3 nitrogen and oxygen atoms in total. The van der Waals surface area contributed by atoms with Gasteiger partial charge in [0.05, 0.1) is 0 Å². The van der Waals surface area contributed by atoms with Crippen molar-refractivity contribution in [1.82, 2.24) is 10.2 Å². The van der Waals surface area contributed by atoms with E-state index in [2.05, 4.69) is 5.32 Å². The number of rotatable bonds is 5. The van der Waals surface area contributed by atoms with E-state index in [-0.39, 0.29) is 5.91 Å². The Hall–Kier alpha value is -1.06. The molecule has 1 aromatic carbocycles. The van der Waals surface area contributed by atoms with Gasteiger partial charge in [0.15, 0.2) is 0 Å². The molecule has 1 aromatic rings. The van der Waals surface area contributed by atoms with Crippen molar-refractivity contribution < 1.29 is 4.79 Å². The zero-order chi connectivity index (χ0) is 13.0. The second-order valence-corrected chi connectivity index (χ2v) is 5.20. The first-order chi connectivity index (χ1) is 8.69. The van der Waals surface area contributed by atoms with Crippen molar-refractivity contribution in [3.05, 3.63) is 34.9 Å². The van der Waals surface area contributed by atoms with Crippen LogP contribution < -0.4 is 5.32 Å². The smallest absolute Gasteiger partial charge is 0.223 e. The van der Waals surface area contributed by atoms with E-state index in [0.29, 0.717) is 18.9 Å². The van der Waals surface area contributed by atoms with Gasteiger partial charge in [0, 0.05) is 24.5 Å². The molecule has 0 aromatic heterocycles. The standard InChI is InChI=1S/C14H19ClN2O/c1-2-17(14(18)7-12-8-16-9-12)10-11-4-3-5-13(15)6-11/h3-6,12,16H,2,7-10H2,1H3. The number of carbonyl (C=O) groups is 1. The number of halogens is 1. The predicted octanol–water partition coefficient (Wildman–Crippen LogP) is 2.30. The van der Waals surface area contributed by atoms with Crippen molar-refractivity contribution >= 4 is 17.5 Å². The molecule has 1 aliphatic heterocycles. The third kappa shape index (κ3) is 3.47. The van der Waals surface area contributed by atoms with Gasteiger partial charge in [0.1, 0.15) is 0 Å². The normalized spacial score (nSPS) is 15.2. The Morgan fingerprint density at radius 3 is 2.83 bits per heavy atom. The lowest BCUT2D eigenvalue weighted by atomic mass is 9.98. The maximum Gasteiger partial charge on any atom is 0.223 e. The van der Waals surface area contributed by atoms with Gasteiger partial charge in [0.25, 0.3) is 0 Å². The van der Waals surface area contributed by atoms with Crippen LogP contribution in [0, 0.1) is 5.92 Å². The van der Waals surface area contributed by atoms with Gasteiger partial charge in [-0.3, -0.25) is 4.79 Å². The van der Waals surface area contributed by atoms with E-state index in [1.165, 1.54) is 0 Å². The first-order valence-corrected chi connectivity index (χ1v) is 6.79. The summed E-state index contributed by atoms with van der Waals surface area (Å²) in [4.78, 5) is 14.0. The minimum atomic E-state index is 0.240. The zero-order valence-electron chi connectivity index (χ0n) is 10.7. The molecule has 0 aliphatic carbocycles. The predicted molar refractivity (Wildman–Crippen MR) is 73.5 cm³/mol. The quantitative estimate of drug-likeness (QED) is 0.887. The van der Waals surface area contributed by atoms with Gasteiger partial charge >= 0.3 is 0 Å². The molecule has 0 bridgehead atoms. The van der Waals surface area contributed by atoms with Gasteiger partial charge in [-0.1, -0.05) is 23.7 Å². The van der Waals surface area contributed by atoms with Gasteiger partial charge in [-0.2, -0.15) is 0 Å². The van der Waals surface area contributed by atoms with E-state index in [1.54, 1.807) is 0 Å². The molecule has 98 valence electrons. The molecule has 1 N–H and O–H groups in total. The summed E-state index contributed by atoms with van der Waals surface area (Å²) in [5.74, 6) is 0.759. The minimum Gasteiger partial charge on any atom is -0.339 e. The van der Waals surface area contributed by atoms with Gasteiger partial charge < -0.3 is 10.2 Å². The molecule has 0 atom stereocenters. The molecule has 1 saturated heterocycles. The molecular formula is C14H19ClN2O. The SMILES string of the molecule is CCN(Cc1cccc(Cl)c1)C(=O)CC1CNC1. The highest BCUT2D eigenvalue weighted by Crippen LogP contribution is 2.15. The van der Waals surface area contributed by atoms with Crippen LogP contribution in [0.4, 0.5) is 0 Å². The zero-order valence-corrected chi connectivity index (χ0v) is 11.4.